The summed E-state index contributed by atoms with van der Waals surface area (Å²) in [4.78, 5) is 0.503. The highest BCUT2D eigenvalue weighted by molar-refractivity contribution is 7.98. The van der Waals surface area contributed by atoms with Gasteiger partial charge in [-0.25, -0.2) is 4.39 Å². The van der Waals surface area contributed by atoms with Crippen LogP contribution in [0.4, 0.5) is 4.39 Å². The van der Waals surface area contributed by atoms with Crippen LogP contribution in [-0.4, -0.2) is 11.4 Å². The Morgan fingerprint density at radius 3 is 2.38 bits per heavy atom. The number of aliphatic hydroxyl groups excluding tert-OH is 1. The summed E-state index contributed by atoms with van der Waals surface area (Å²) in [6.45, 7) is 5.54. The van der Waals surface area contributed by atoms with E-state index in [0.29, 0.717) is 4.90 Å². The first kappa shape index (κ1) is 13.8. The first-order valence-electron chi connectivity index (χ1n) is 4.99. The third-order valence-electron chi connectivity index (χ3n) is 2.40. The number of benzene rings is 1. The maximum absolute atomic E-state index is 14.0. The number of thioether (sulfide) groups is 1. The monoisotopic (exact) mass is 262 g/mol. The van der Waals surface area contributed by atoms with Crippen LogP contribution in [0, 0.1) is 11.2 Å². The van der Waals surface area contributed by atoms with Crippen molar-refractivity contribution in [3.8, 4) is 0 Å². The fourth-order valence-corrected chi connectivity index (χ4v) is 2.13. The Morgan fingerprint density at radius 1 is 1.38 bits per heavy atom. The van der Waals surface area contributed by atoms with Crippen molar-refractivity contribution in [3.63, 3.8) is 0 Å². The highest BCUT2D eigenvalue weighted by Crippen LogP contribution is 2.39. The van der Waals surface area contributed by atoms with Crippen LogP contribution in [0.25, 0.3) is 0 Å². The molecule has 4 heteroatoms. The van der Waals surface area contributed by atoms with E-state index in [1.54, 1.807) is 18.4 Å². The molecule has 1 aromatic rings. The van der Waals surface area contributed by atoms with Crippen LogP contribution in [0.2, 0.25) is 5.02 Å². The van der Waals surface area contributed by atoms with E-state index in [0.717, 1.165) is 0 Å². The molecule has 0 aromatic heterocycles. The molecule has 1 aromatic carbocycles. The minimum absolute atomic E-state index is 0.195. The molecule has 0 spiro atoms. The van der Waals surface area contributed by atoms with E-state index >= 15 is 0 Å². The lowest BCUT2D eigenvalue weighted by Gasteiger charge is -2.27. The zero-order valence-electron chi connectivity index (χ0n) is 9.84. The van der Waals surface area contributed by atoms with Gasteiger partial charge in [-0.2, -0.15) is 0 Å². The van der Waals surface area contributed by atoms with E-state index in [1.807, 2.05) is 20.8 Å². The van der Waals surface area contributed by atoms with Gasteiger partial charge in [0.1, 0.15) is 5.82 Å². The molecule has 0 aliphatic heterocycles. The Balaban J connectivity index is 3.32. The van der Waals surface area contributed by atoms with Gasteiger partial charge in [-0.05, 0) is 23.8 Å². The summed E-state index contributed by atoms with van der Waals surface area (Å²) in [5.41, 5.74) is -0.248. The number of halogens is 2. The minimum Gasteiger partial charge on any atom is -0.388 e. The van der Waals surface area contributed by atoms with Gasteiger partial charge in [0.05, 0.1) is 6.10 Å². The molecular weight excluding hydrogens is 247 g/mol. The minimum atomic E-state index is -0.910. The summed E-state index contributed by atoms with van der Waals surface area (Å²) < 4.78 is 14.0. The molecule has 0 aliphatic carbocycles. The summed E-state index contributed by atoms with van der Waals surface area (Å²) >= 11 is 7.25. The molecular formula is C12H16ClFOS. The van der Waals surface area contributed by atoms with Gasteiger partial charge in [0.2, 0.25) is 0 Å². The van der Waals surface area contributed by atoms with Crippen LogP contribution in [0.3, 0.4) is 0 Å². The fraction of sp³-hybridized carbons (Fsp3) is 0.500. The van der Waals surface area contributed by atoms with Crippen LogP contribution in [0.5, 0.6) is 0 Å². The molecule has 0 fully saturated rings. The molecule has 1 nitrogen and oxygen atoms in total. The lowest BCUT2D eigenvalue weighted by Crippen LogP contribution is -2.19. The smallest absolute Gasteiger partial charge is 0.144 e. The molecule has 1 N–H and O–H groups in total. The van der Waals surface area contributed by atoms with Gasteiger partial charge in [-0.15, -0.1) is 11.8 Å². The lowest BCUT2D eigenvalue weighted by atomic mass is 9.84. The van der Waals surface area contributed by atoms with Crippen molar-refractivity contribution >= 4 is 23.4 Å². The van der Waals surface area contributed by atoms with Crippen molar-refractivity contribution in [1.29, 1.82) is 0 Å². The molecule has 0 saturated carbocycles. The average molecular weight is 263 g/mol. The fourth-order valence-electron chi connectivity index (χ4n) is 1.39. The molecule has 16 heavy (non-hydrogen) atoms. The zero-order valence-corrected chi connectivity index (χ0v) is 11.4. The van der Waals surface area contributed by atoms with Crippen LogP contribution in [0.15, 0.2) is 17.0 Å². The third-order valence-corrected chi connectivity index (χ3v) is 3.49. The SMILES string of the molecule is CSc1ccc(Cl)c(C(O)C(C)(C)C)c1F. The number of rotatable bonds is 2. The summed E-state index contributed by atoms with van der Waals surface area (Å²) in [7, 11) is 0. The molecule has 1 atom stereocenters. The Hall–Kier alpha value is -0.250. The molecule has 1 rings (SSSR count). The second-order valence-electron chi connectivity index (χ2n) is 4.75. The van der Waals surface area contributed by atoms with Gasteiger partial charge in [0.15, 0.2) is 0 Å². The quantitative estimate of drug-likeness (QED) is 0.803. The molecule has 90 valence electrons. The lowest BCUT2D eigenvalue weighted by molar-refractivity contribution is 0.0591. The Bertz CT molecular complexity index is 387. The third kappa shape index (κ3) is 2.70. The average Bonchev–Trinajstić information content (AvgIpc) is 2.16. The van der Waals surface area contributed by atoms with Crippen LogP contribution < -0.4 is 0 Å². The van der Waals surface area contributed by atoms with Crippen molar-refractivity contribution in [2.75, 3.05) is 6.26 Å². The second kappa shape index (κ2) is 4.94. The first-order valence-corrected chi connectivity index (χ1v) is 6.59. The van der Waals surface area contributed by atoms with E-state index in [2.05, 4.69) is 0 Å². The number of aliphatic hydroxyl groups is 1. The van der Waals surface area contributed by atoms with Gasteiger partial charge < -0.3 is 5.11 Å². The van der Waals surface area contributed by atoms with E-state index in [9.17, 15) is 9.50 Å². The Labute approximate surface area is 105 Å². The van der Waals surface area contributed by atoms with Gasteiger partial charge >= 0.3 is 0 Å². The summed E-state index contributed by atoms with van der Waals surface area (Å²) in [6, 6.07) is 3.25. The van der Waals surface area contributed by atoms with Crippen molar-refractivity contribution in [1.82, 2.24) is 0 Å². The molecule has 0 radical (unpaired) electrons. The highest BCUT2D eigenvalue weighted by atomic mass is 35.5. The molecule has 0 heterocycles. The maximum atomic E-state index is 14.0. The van der Waals surface area contributed by atoms with Crippen molar-refractivity contribution in [2.24, 2.45) is 5.41 Å². The van der Waals surface area contributed by atoms with E-state index in [-0.39, 0.29) is 10.6 Å². The van der Waals surface area contributed by atoms with Crippen LogP contribution in [-0.2, 0) is 0 Å². The van der Waals surface area contributed by atoms with Gasteiger partial charge in [-0.1, -0.05) is 32.4 Å². The van der Waals surface area contributed by atoms with E-state index in [1.165, 1.54) is 11.8 Å². The predicted molar refractivity (Wildman–Crippen MR) is 67.6 cm³/mol. The summed E-state index contributed by atoms with van der Waals surface area (Å²) in [5.74, 6) is -0.414. The standard InChI is InChI=1S/C12H16ClFOS/c1-12(2,3)11(15)9-7(13)5-6-8(16-4)10(9)14/h5-6,11,15H,1-4H3. The summed E-state index contributed by atoms with van der Waals surface area (Å²) in [6.07, 6.45) is 0.881. The van der Waals surface area contributed by atoms with Crippen molar-refractivity contribution in [3.05, 3.63) is 28.5 Å². The van der Waals surface area contributed by atoms with E-state index < -0.39 is 17.3 Å². The maximum Gasteiger partial charge on any atom is 0.144 e. The normalized spacial score (nSPS) is 13.9. The Kier molecular flexibility index (Phi) is 4.27. The Morgan fingerprint density at radius 2 is 1.94 bits per heavy atom. The van der Waals surface area contributed by atoms with Gasteiger partial charge in [0.25, 0.3) is 0 Å². The second-order valence-corrected chi connectivity index (χ2v) is 6.00. The summed E-state index contributed by atoms with van der Waals surface area (Å²) in [5, 5.41) is 10.4. The van der Waals surface area contributed by atoms with Crippen molar-refractivity contribution < 1.29 is 9.50 Å². The predicted octanol–water partition coefficient (Wildman–Crippen LogP) is 4.28. The topological polar surface area (TPSA) is 20.2 Å². The van der Waals surface area contributed by atoms with Gasteiger partial charge in [-0.3, -0.25) is 0 Å². The van der Waals surface area contributed by atoms with Gasteiger partial charge in [0, 0.05) is 15.5 Å². The molecule has 0 saturated heterocycles. The molecule has 1 unspecified atom stereocenters. The van der Waals surface area contributed by atoms with E-state index in [4.69, 9.17) is 11.6 Å². The first-order chi connectivity index (χ1) is 7.29. The van der Waals surface area contributed by atoms with Crippen LogP contribution >= 0.6 is 23.4 Å². The van der Waals surface area contributed by atoms with Crippen molar-refractivity contribution in [2.45, 2.75) is 31.8 Å². The number of hydrogen-bond donors (Lipinski definition) is 1. The largest absolute Gasteiger partial charge is 0.388 e. The molecule has 0 amide bonds. The number of hydrogen-bond acceptors (Lipinski definition) is 2. The molecule has 0 bridgehead atoms. The zero-order chi connectivity index (χ0) is 12.5. The van der Waals surface area contributed by atoms with Crippen LogP contribution in [0.1, 0.15) is 32.4 Å². The molecule has 0 aliphatic rings. The highest BCUT2D eigenvalue weighted by Gasteiger charge is 2.29.